The molecule has 0 atom stereocenters. The molecule has 1 fully saturated rings. The first kappa shape index (κ1) is 20.1. The van der Waals surface area contributed by atoms with Crippen LogP contribution in [0, 0.1) is 5.92 Å². The van der Waals surface area contributed by atoms with Gasteiger partial charge in [-0.1, -0.05) is 0 Å². The maximum Gasteiger partial charge on any atom is 0.410 e. The highest BCUT2D eigenvalue weighted by atomic mass is 35.5. The third-order valence-electron chi connectivity index (χ3n) is 2.36. The van der Waals surface area contributed by atoms with E-state index in [2.05, 4.69) is 5.32 Å². The van der Waals surface area contributed by atoms with Crippen molar-refractivity contribution in [2.24, 2.45) is 11.7 Å². The van der Waals surface area contributed by atoms with Crippen molar-refractivity contribution in [2.45, 2.75) is 26.4 Å². The minimum atomic E-state index is -0.403. The zero-order valence-corrected chi connectivity index (χ0v) is 12.9. The highest BCUT2D eigenvalue weighted by Gasteiger charge is 2.33. The molecule has 18 heavy (non-hydrogen) atoms. The molecule has 7 heteroatoms. The first-order valence-corrected chi connectivity index (χ1v) is 5.81. The second kappa shape index (κ2) is 8.80. The van der Waals surface area contributed by atoms with Gasteiger partial charge in [-0.05, 0) is 20.8 Å². The summed E-state index contributed by atoms with van der Waals surface area (Å²) in [6.45, 7) is 9.63. The number of nitrogens with two attached hydrogens (primary N) is 1. The second-order valence-electron chi connectivity index (χ2n) is 5.24. The molecule has 0 spiro atoms. The number of nitrogens with one attached hydrogen (secondary N) is 1. The topological polar surface area (TPSA) is 67.6 Å². The summed E-state index contributed by atoms with van der Waals surface area (Å²) in [5, 5.41) is 3.24. The smallest absolute Gasteiger partial charge is 0.410 e. The molecule has 0 aliphatic carbocycles. The normalized spacial score (nSPS) is 15.2. The summed E-state index contributed by atoms with van der Waals surface area (Å²) >= 11 is 0. The van der Waals surface area contributed by atoms with Crippen LogP contribution in [0.2, 0.25) is 0 Å². The molecule has 0 aromatic rings. The number of amides is 1. The number of hydrogen-bond acceptors (Lipinski definition) is 4. The van der Waals surface area contributed by atoms with E-state index in [9.17, 15) is 4.79 Å². The van der Waals surface area contributed by atoms with E-state index in [0.717, 1.165) is 26.2 Å². The Kier molecular flexibility index (Phi) is 9.82. The lowest BCUT2D eigenvalue weighted by Crippen LogP contribution is -2.54. The quantitative estimate of drug-likeness (QED) is 0.767. The van der Waals surface area contributed by atoms with Gasteiger partial charge in [0.05, 0.1) is 0 Å². The van der Waals surface area contributed by atoms with Gasteiger partial charge in [0, 0.05) is 38.6 Å². The first-order chi connectivity index (χ1) is 7.42. The average molecular weight is 302 g/mol. The van der Waals surface area contributed by atoms with Crippen molar-refractivity contribution in [1.29, 1.82) is 0 Å². The maximum absolute atomic E-state index is 11.6. The minimum absolute atomic E-state index is 0. The number of nitrogens with zero attached hydrogens (tertiary/aromatic N) is 1. The molecule has 5 nitrogen and oxygen atoms in total. The number of carbonyl (C=O) groups excluding carboxylic acids is 1. The SMILES string of the molecule is CC(C)(C)OC(=O)N1CC(CNCCN)C1.Cl.Cl. The minimum Gasteiger partial charge on any atom is -0.444 e. The third-order valence-corrected chi connectivity index (χ3v) is 2.36. The van der Waals surface area contributed by atoms with E-state index >= 15 is 0 Å². The second-order valence-corrected chi connectivity index (χ2v) is 5.24. The largest absolute Gasteiger partial charge is 0.444 e. The highest BCUT2D eigenvalue weighted by Crippen LogP contribution is 2.18. The van der Waals surface area contributed by atoms with Crippen LogP contribution >= 0.6 is 24.8 Å². The molecule has 1 rings (SSSR count). The maximum atomic E-state index is 11.6. The molecule has 1 aliphatic heterocycles. The lowest BCUT2D eigenvalue weighted by Gasteiger charge is -2.39. The Balaban J connectivity index is 0. The predicted octanol–water partition coefficient (Wildman–Crippen LogP) is 1.25. The van der Waals surface area contributed by atoms with Gasteiger partial charge in [0.2, 0.25) is 0 Å². The predicted molar refractivity (Wildman–Crippen MR) is 77.7 cm³/mol. The monoisotopic (exact) mass is 301 g/mol. The number of likely N-dealkylation sites (tertiary alicyclic amines) is 1. The van der Waals surface area contributed by atoms with Crippen LogP contribution in [-0.2, 0) is 4.74 Å². The summed E-state index contributed by atoms with van der Waals surface area (Å²) in [5.74, 6) is 0.541. The van der Waals surface area contributed by atoms with Crippen molar-refractivity contribution >= 4 is 30.9 Å². The number of halogens is 2. The molecule has 110 valence electrons. The molecule has 0 saturated carbocycles. The lowest BCUT2D eigenvalue weighted by molar-refractivity contribution is -0.000704. The van der Waals surface area contributed by atoms with Crippen LogP contribution in [-0.4, -0.2) is 49.3 Å². The van der Waals surface area contributed by atoms with Crippen LogP contribution in [0.1, 0.15) is 20.8 Å². The van der Waals surface area contributed by atoms with Gasteiger partial charge >= 0.3 is 6.09 Å². The fourth-order valence-corrected chi connectivity index (χ4v) is 1.58. The Morgan fingerprint density at radius 2 is 1.94 bits per heavy atom. The van der Waals surface area contributed by atoms with E-state index < -0.39 is 5.60 Å². The molecule has 0 aromatic carbocycles. The molecule has 1 amide bonds. The van der Waals surface area contributed by atoms with Gasteiger partial charge in [0.15, 0.2) is 0 Å². The van der Waals surface area contributed by atoms with Crippen molar-refractivity contribution in [2.75, 3.05) is 32.7 Å². The zero-order valence-electron chi connectivity index (χ0n) is 11.3. The number of ether oxygens (including phenoxy) is 1. The van der Waals surface area contributed by atoms with Gasteiger partial charge in [-0.25, -0.2) is 4.79 Å². The van der Waals surface area contributed by atoms with Crippen molar-refractivity contribution in [3.8, 4) is 0 Å². The van der Waals surface area contributed by atoms with Crippen molar-refractivity contribution in [1.82, 2.24) is 10.2 Å². The molecular weight excluding hydrogens is 277 g/mol. The van der Waals surface area contributed by atoms with Crippen molar-refractivity contribution < 1.29 is 9.53 Å². The summed E-state index contributed by atoms with van der Waals surface area (Å²) < 4.78 is 5.26. The Morgan fingerprint density at radius 3 is 2.39 bits per heavy atom. The van der Waals surface area contributed by atoms with Crippen LogP contribution < -0.4 is 11.1 Å². The van der Waals surface area contributed by atoms with Crippen LogP contribution in [0.15, 0.2) is 0 Å². The van der Waals surface area contributed by atoms with E-state index in [1.165, 1.54) is 0 Å². The zero-order chi connectivity index (χ0) is 12.2. The summed E-state index contributed by atoms with van der Waals surface area (Å²) in [4.78, 5) is 13.3. The molecule has 1 saturated heterocycles. The Hall–Kier alpha value is -0.230. The van der Waals surface area contributed by atoms with Gasteiger partial charge in [0.25, 0.3) is 0 Å². The van der Waals surface area contributed by atoms with E-state index in [1.54, 1.807) is 4.90 Å². The molecular formula is C11H25Cl2N3O2. The Labute approximate surface area is 122 Å². The van der Waals surface area contributed by atoms with Crippen LogP contribution in [0.25, 0.3) is 0 Å². The molecule has 1 aliphatic rings. The number of rotatable bonds is 4. The van der Waals surface area contributed by atoms with Gasteiger partial charge in [-0.3, -0.25) is 0 Å². The van der Waals surface area contributed by atoms with Crippen molar-refractivity contribution in [3.63, 3.8) is 0 Å². The lowest BCUT2D eigenvalue weighted by atomic mass is 10.0. The summed E-state index contributed by atoms with van der Waals surface area (Å²) in [7, 11) is 0. The first-order valence-electron chi connectivity index (χ1n) is 5.81. The number of hydrogen-bond donors (Lipinski definition) is 2. The number of carbonyl (C=O) groups is 1. The standard InChI is InChI=1S/C11H23N3O2.2ClH/c1-11(2,3)16-10(15)14-7-9(8-14)6-13-5-4-12;;/h9,13H,4-8,12H2,1-3H3;2*1H. The molecule has 3 N–H and O–H groups in total. The Bertz CT molecular complexity index is 241. The van der Waals surface area contributed by atoms with Gasteiger partial charge in [-0.15, -0.1) is 24.8 Å². The van der Waals surface area contributed by atoms with Crippen molar-refractivity contribution in [3.05, 3.63) is 0 Å². The molecule has 0 bridgehead atoms. The fourth-order valence-electron chi connectivity index (χ4n) is 1.58. The van der Waals surface area contributed by atoms with Gasteiger partial charge in [0.1, 0.15) is 5.60 Å². The van der Waals surface area contributed by atoms with E-state index in [0.29, 0.717) is 12.5 Å². The fraction of sp³-hybridized carbons (Fsp3) is 0.909. The van der Waals surface area contributed by atoms with Gasteiger partial charge < -0.3 is 20.7 Å². The van der Waals surface area contributed by atoms with E-state index in [-0.39, 0.29) is 30.9 Å². The van der Waals surface area contributed by atoms with Gasteiger partial charge in [-0.2, -0.15) is 0 Å². The molecule has 0 aromatic heterocycles. The summed E-state index contributed by atoms with van der Waals surface area (Å²) in [6, 6.07) is 0. The molecule has 1 heterocycles. The van der Waals surface area contributed by atoms with Crippen LogP contribution in [0.3, 0.4) is 0 Å². The van der Waals surface area contributed by atoms with Crippen LogP contribution in [0.4, 0.5) is 4.79 Å². The summed E-state index contributed by atoms with van der Waals surface area (Å²) in [5.41, 5.74) is 4.97. The summed E-state index contributed by atoms with van der Waals surface area (Å²) in [6.07, 6.45) is -0.206. The van der Waals surface area contributed by atoms with E-state index in [1.807, 2.05) is 20.8 Å². The highest BCUT2D eigenvalue weighted by molar-refractivity contribution is 5.85. The van der Waals surface area contributed by atoms with E-state index in [4.69, 9.17) is 10.5 Å². The molecule has 0 unspecified atom stereocenters. The van der Waals surface area contributed by atoms with Crippen LogP contribution in [0.5, 0.6) is 0 Å². The Morgan fingerprint density at radius 1 is 1.39 bits per heavy atom. The molecule has 0 radical (unpaired) electrons. The third kappa shape index (κ3) is 7.26. The average Bonchev–Trinajstić information content (AvgIpc) is 2.05.